The highest BCUT2D eigenvalue weighted by Crippen LogP contribution is 2.31. The van der Waals surface area contributed by atoms with Crippen molar-refractivity contribution in [3.05, 3.63) is 42.4 Å². The Morgan fingerprint density at radius 2 is 2.14 bits per heavy atom. The Labute approximate surface area is 205 Å². The summed E-state index contributed by atoms with van der Waals surface area (Å²) in [5.41, 5.74) is 2.83. The summed E-state index contributed by atoms with van der Waals surface area (Å²) in [7, 11) is 0. The fourth-order valence-corrected chi connectivity index (χ4v) is 4.30. The lowest BCUT2D eigenvalue weighted by Crippen LogP contribution is -2.55. The molecule has 0 saturated carbocycles. The van der Waals surface area contributed by atoms with Gasteiger partial charge in [-0.25, -0.2) is 9.50 Å². The summed E-state index contributed by atoms with van der Waals surface area (Å²) < 4.78 is 7.34. The minimum atomic E-state index is -0.680. The number of fused-ring (bicyclic) bond motifs is 1. The van der Waals surface area contributed by atoms with Crippen molar-refractivity contribution in [1.29, 1.82) is 5.26 Å². The molecule has 3 aromatic heterocycles. The van der Waals surface area contributed by atoms with Crippen LogP contribution in [-0.2, 0) is 4.79 Å². The van der Waals surface area contributed by atoms with Crippen LogP contribution in [0.3, 0.4) is 0 Å². The number of anilines is 1. The number of pyridine rings is 2. The first-order valence-corrected chi connectivity index (χ1v) is 12.1. The number of aliphatic hydroxyl groups excluding tert-OH is 1. The van der Waals surface area contributed by atoms with Gasteiger partial charge in [-0.15, -0.1) is 0 Å². The fraction of sp³-hybridized carbons (Fsp3) is 0.462. The molecule has 2 N–H and O–H groups in total. The molecule has 0 spiro atoms. The maximum atomic E-state index is 12.4. The molecule has 9 nitrogen and oxygen atoms in total. The van der Waals surface area contributed by atoms with Crippen LogP contribution in [0.5, 0.6) is 5.75 Å². The summed E-state index contributed by atoms with van der Waals surface area (Å²) >= 11 is 0. The van der Waals surface area contributed by atoms with E-state index in [0.717, 1.165) is 16.9 Å². The standard InChI is InChI=1S/C26H32N6O3/c1-5-35-20-10-21(25-19(11-27)13-29-32(25)14-20)18-6-7-24(28-12-18)31-9-8-22(23(33)15-31)30-26(34)17(4)16(2)3/h6-7,10,12-14,16-17,22-23,33H,5,8-9,15H2,1-4H3,(H,30,34)/t17?,22-,23-/m0/s1. The second-order valence-electron chi connectivity index (χ2n) is 9.34. The number of aromatic nitrogens is 3. The molecule has 0 radical (unpaired) electrons. The summed E-state index contributed by atoms with van der Waals surface area (Å²) in [5.74, 6) is 1.54. The Hall–Kier alpha value is -3.64. The lowest BCUT2D eigenvalue weighted by molar-refractivity contribution is -0.127. The summed E-state index contributed by atoms with van der Waals surface area (Å²) in [6.07, 6.45) is 5.03. The number of amides is 1. The van der Waals surface area contributed by atoms with E-state index < -0.39 is 6.10 Å². The number of ether oxygens (including phenoxy) is 1. The van der Waals surface area contributed by atoms with E-state index in [9.17, 15) is 15.2 Å². The van der Waals surface area contributed by atoms with E-state index >= 15 is 0 Å². The van der Waals surface area contributed by atoms with Crippen LogP contribution in [0.15, 0.2) is 36.8 Å². The molecule has 1 aliphatic heterocycles. The second kappa shape index (κ2) is 10.3. The van der Waals surface area contributed by atoms with Gasteiger partial charge in [-0.2, -0.15) is 10.4 Å². The van der Waals surface area contributed by atoms with Crippen molar-refractivity contribution < 1.29 is 14.6 Å². The normalized spacial score (nSPS) is 18.9. The molecule has 1 unspecified atom stereocenters. The Bertz CT molecular complexity index is 1230. The van der Waals surface area contributed by atoms with Gasteiger partial charge in [-0.3, -0.25) is 4.79 Å². The summed E-state index contributed by atoms with van der Waals surface area (Å²) in [6, 6.07) is 7.69. The number of carbonyl (C=O) groups is 1. The van der Waals surface area contributed by atoms with Crippen molar-refractivity contribution in [2.24, 2.45) is 11.8 Å². The molecular formula is C26H32N6O3. The van der Waals surface area contributed by atoms with Gasteiger partial charge in [-0.05, 0) is 37.5 Å². The molecule has 1 fully saturated rings. The van der Waals surface area contributed by atoms with Gasteiger partial charge in [-0.1, -0.05) is 20.8 Å². The zero-order valence-corrected chi connectivity index (χ0v) is 20.6. The molecule has 35 heavy (non-hydrogen) atoms. The maximum absolute atomic E-state index is 12.4. The lowest BCUT2D eigenvalue weighted by Gasteiger charge is -2.37. The predicted molar refractivity (Wildman–Crippen MR) is 133 cm³/mol. The number of rotatable bonds is 7. The summed E-state index contributed by atoms with van der Waals surface area (Å²) in [5, 5.41) is 27.5. The minimum Gasteiger partial charge on any atom is -0.492 e. The van der Waals surface area contributed by atoms with Crippen molar-refractivity contribution in [2.75, 3.05) is 24.6 Å². The van der Waals surface area contributed by atoms with Crippen molar-refractivity contribution >= 4 is 17.2 Å². The Balaban J connectivity index is 1.52. The van der Waals surface area contributed by atoms with E-state index in [1.165, 1.54) is 0 Å². The Morgan fingerprint density at radius 1 is 1.34 bits per heavy atom. The highest BCUT2D eigenvalue weighted by Gasteiger charge is 2.31. The number of hydrogen-bond donors (Lipinski definition) is 2. The number of carbonyl (C=O) groups excluding carboxylic acids is 1. The van der Waals surface area contributed by atoms with Crippen LogP contribution >= 0.6 is 0 Å². The first-order valence-electron chi connectivity index (χ1n) is 12.1. The third-order valence-electron chi connectivity index (χ3n) is 6.72. The molecule has 0 bridgehead atoms. The maximum Gasteiger partial charge on any atom is 0.223 e. The smallest absolute Gasteiger partial charge is 0.223 e. The zero-order valence-electron chi connectivity index (χ0n) is 20.6. The molecule has 4 rings (SSSR count). The van der Waals surface area contributed by atoms with Gasteiger partial charge >= 0.3 is 0 Å². The van der Waals surface area contributed by atoms with E-state index in [1.807, 2.05) is 50.8 Å². The van der Waals surface area contributed by atoms with Crippen molar-refractivity contribution in [2.45, 2.75) is 46.3 Å². The number of nitrogens with one attached hydrogen (secondary N) is 1. The molecule has 4 heterocycles. The van der Waals surface area contributed by atoms with Crippen LogP contribution < -0.4 is 15.0 Å². The number of nitrogens with zero attached hydrogens (tertiary/aromatic N) is 5. The van der Waals surface area contributed by atoms with E-state index in [-0.39, 0.29) is 23.8 Å². The molecule has 9 heteroatoms. The van der Waals surface area contributed by atoms with Crippen LogP contribution in [-0.4, -0.2) is 57.5 Å². The monoisotopic (exact) mass is 476 g/mol. The number of piperidine rings is 1. The largest absolute Gasteiger partial charge is 0.492 e. The quantitative estimate of drug-likeness (QED) is 0.538. The SMILES string of the molecule is CCOc1cc(-c2ccc(N3CC[C@H](NC(=O)C(C)C(C)C)[C@@H](O)C3)nc2)c2c(C#N)cnn2c1. The molecule has 0 aliphatic carbocycles. The zero-order chi connectivity index (χ0) is 25.1. The third kappa shape index (κ3) is 5.08. The number of β-amino-alcohol motifs (C(OH)–C–C–N with tert-alkyl or cyclic N) is 1. The van der Waals surface area contributed by atoms with Crippen LogP contribution in [0.4, 0.5) is 5.82 Å². The topological polar surface area (TPSA) is 116 Å². The van der Waals surface area contributed by atoms with Gasteiger partial charge in [0.1, 0.15) is 17.6 Å². The average molecular weight is 477 g/mol. The van der Waals surface area contributed by atoms with Crippen molar-refractivity contribution in [3.8, 4) is 22.9 Å². The van der Waals surface area contributed by atoms with Crippen molar-refractivity contribution in [3.63, 3.8) is 0 Å². The van der Waals surface area contributed by atoms with Gasteiger partial charge in [0.25, 0.3) is 0 Å². The van der Waals surface area contributed by atoms with Crippen LogP contribution in [0, 0.1) is 23.2 Å². The predicted octanol–water partition coefficient (Wildman–Crippen LogP) is 3.01. The second-order valence-corrected chi connectivity index (χ2v) is 9.34. The van der Waals surface area contributed by atoms with E-state index in [0.29, 0.717) is 42.9 Å². The molecule has 3 atom stereocenters. The van der Waals surface area contributed by atoms with Gasteiger partial charge < -0.3 is 20.1 Å². The van der Waals surface area contributed by atoms with Crippen LogP contribution in [0.2, 0.25) is 0 Å². The lowest BCUT2D eigenvalue weighted by atomic mass is 9.95. The van der Waals surface area contributed by atoms with Crippen LogP contribution in [0.1, 0.15) is 39.7 Å². The minimum absolute atomic E-state index is 0.0165. The summed E-state index contributed by atoms with van der Waals surface area (Å²) in [4.78, 5) is 19.1. The molecule has 184 valence electrons. The van der Waals surface area contributed by atoms with Crippen LogP contribution in [0.25, 0.3) is 16.6 Å². The molecule has 1 saturated heterocycles. The van der Waals surface area contributed by atoms with Gasteiger partial charge in [0.05, 0.1) is 42.2 Å². The molecule has 1 amide bonds. The van der Waals surface area contributed by atoms with Gasteiger partial charge in [0.2, 0.25) is 5.91 Å². The average Bonchev–Trinajstić information content (AvgIpc) is 3.27. The number of hydrogen-bond acceptors (Lipinski definition) is 7. The van der Waals surface area contributed by atoms with Crippen molar-refractivity contribution in [1.82, 2.24) is 19.9 Å². The summed E-state index contributed by atoms with van der Waals surface area (Å²) in [6.45, 7) is 9.44. The Kier molecular flexibility index (Phi) is 7.22. The molecule has 1 aliphatic rings. The molecule has 0 aromatic carbocycles. The van der Waals surface area contributed by atoms with E-state index in [2.05, 4.69) is 21.5 Å². The highest BCUT2D eigenvalue weighted by molar-refractivity contribution is 5.85. The molecular weight excluding hydrogens is 444 g/mol. The van der Waals surface area contributed by atoms with Gasteiger partial charge in [0.15, 0.2) is 0 Å². The first-order chi connectivity index (χ1) is 16.8. The van der Waals surface area contributed by atoms with E-state index in [4.69, 9.17) is 4.74 Å². The first kappa shape index (κ1) is 24.5. The Morgan fingerprint density at radius 3 is 2.77 bits per heavy atom. The third-order valence-corrected chi connectivity index (χ3v) is 6.72. The number of nitriles is 1. The van der Waals surface area contributed by atoms with Gasteiger partial charge in [0, 0.05) is 36.3 Å². The molecule has 3 aromatic rings. The fourth-order valence-electron chi connectivity index (χ4n) is 4.30. The van der Waals surface area contributed by atoms with E-state index in [1.54, 1.807) is 23.1 Å². The number of aliphatic hydroxyl groups is 1. The highest BCUT2D eigenvalue weighted by atomic mass is 16.5.